The van der Waals surface area contributed by atoms with Crippen molar-refractivity contribution in [1.82, 2.24) is 0 Å². The van der Waals surface area contributed by atoms with E-state index in [1.165, 1.54) is 3.88 Å². The molecule has 0 saturated heterocycles. The van der Waals surface area contributed by atoms with Crippen LogP contribution in [0.25, 0.3) is 0 Å². The maximum absolute atomic E-state index is 2.47. The van der Waals surface area contributed by atoms with Crippen molar-refractivity contribution >= 4 is 11.8 Å². The van der Waals surface area contributed by atoms with Crippen LogP contribution in [0.3, 0.4) is 0 Å². The number of thioether (sulfide) groups is 1. The Morgan fingerprint density at radius 1 is 0.962 bits per heavy atom. The summed E-state index contributed by atoms with van der Waals surface area (Å²) in [5.74, 6) is 0. The number of halogens is 2. The average molecular weight is 448 g/mol. The van der Waals surface area contributed by atoms with Gasteiger partial charge in [0.15, 0.2) is 0 Å². The van der Waals surface area contributed by atoms with Crippen LogP contribution >= 0.6 is 11.8 Å². The van der Waals surface area contributed by atoms with E-state index >= 15 is 0 Å². The van der Waals surface area contributed by atoms with Gasteiger partial charge in [-0.25, -0.2) is 0 Å². The Labute approximate surface area is 190 Å². The minimum atomic E-state index is 0. The SMILES string of the molecule is CC(C)(C)SC1(C(C)(C)C2=[C]([Ti+2])CC=C2)CC=CC=C1C(C)(C)C.[Cl-].[Cl-]. The van der Waals surface area contributed by atoms with Crippen molar-refractivity contribution in [3.05, 3.63) is 45.4 Å². The van der Waals surface area contributed by atoms with Crippen molar-refractivity contribution in [3.63, 3.8) is 0 Å². The standard InChI is InChI=1S/C22H33S.2ClH.Ti/c1-19(2,3)18-15-11-12-16-22(18,23-20(4,5)6)21(7,8)17-13-9-10-14-17;;;/h9,11-13,15H,10,16H2,1-8H3;2*1H;/q;;;+2/p-2. The topological polar surface area (TPSA) is 0 Å². The van der Waals surface area contributed by atoms with Gasteiger partial charge in [0.25, 0.3) is 0 Å². The number of hydrogen-bond donors (Lipinski definition) is 0. The van der Waals surface area contributed by atoms with Crippen LogP contribution in [0.15, 0.2) is 45.4 Å². The first-order chi connectivity index (χ1) is 10.8. The Balaban J connectivity index is 0.00000312. The van der Waals surface area contributed by atoms with E-state index in [2.05, 4.69) is 118 Å². The summed E-state index contributed by atoms with van der Waals surface area (Å²) >= 11 is 4.48. The first-order valence-corrected chi connectivity index (χ1v) is 10.6. The molecule has 0 radical (unpaired) electrons. The average Bonchev–Trinajstić information content (AvgIpc) is 2.82. The van der Waals surface area contributed by atoms with Crippen LogP contribution in [-0.2, 0) is 20.4 Å². The zero-order valence-corrected chi connectivity index (χ0v) is 21.4. The van der Waals surface area contributed by atoms with E-state index in [0.717, 1.165) is 12.8 Å². The second kappa shape index (κ2) is 8.95. The second-order valence-corrected chi connectivity index (χ2v) is 12.7. The van der Waals surface area contributed by atoms with Crippen LogP contribution in [0.1, 0.15) is 68.2 Å². The minimum Gasteiger partial charge on any atom is -1.00 e. The van der Waals surface area contributed by atoms with Crippen LogP contribution in [0.2, 0.25) is 0 Å². The molecule has 0 amide bonds. The Bertz CT molecular complexity index is 628. The molecule has 0 spiro atoms. The molecule has 145 valence electrons. The fraction of sp³-hybridized carbons (Fsp3) is 0.636. The molecular weight excluding hydrogens is 415 g/mol. The summed E-state index contributed by atoms with van der Waals surface area (Å²) in [6, 6.07) is 0. The van der Waals surface area contributed by atoms with Crippen molar-refractivity contribution in [2.75, 3.05) is 0 Å². The van der Waals surface area contributed by atoms with E-state index in [9.17, 15) is 0 Å². The number of rotatable bonds is 3. The fourth-order valence-electron chi connectivity index (χ4n) is 4.15. The van der Waals surface area contributed by atoms with Gasteiger partial charge in [-0.15, -0.1) is 0 Å². The zero-order chi connectivity index (χ0) is 18.4. The van der Waals surface area contributed by atoms with Gasteiger partial charge in [0.2, 0.25) is 0 Å². The quantitative estimate of drug-likeness (QED) is 0.581. The van der Waals surface area contributed by atoms with E-state index < -0.39 is 0 Å². The zero-order valence-electron chi connectivity index (χ0n) is 17.5. The summed E-state index contributed by atoms with van der Waals surface area (Å²) in [5.41, 5.74) is 3.39. The third-order valence-corrected chi connectivity index (χ3v) is 7.74. The summed E-state index contributed by atoms with van der Waals surface area (Å²) in [6.07, 6.45) is 14.0. The van der Waals surface area contributed by atoms with Gasteiger partial charge in [0, 0.05) is 0 Å². The van der Waals surface area contributed by atoms with Crippen molar-refractivity contribution in [2.24, 2.45) is 10.8 Å². The first-order valence-electron chi connectivity index (χ1n) is 9.01. The Hall–Kier alpha value is 0.604. The molecule has 2 aliphatic carbocycles. The molecule has 0 nitrogen and oxygen atoms in total. The molecule has 0 N–H and O–H groups in total. The van der Waals surface area contributed by atoms with Crippen molar-refractivity contribution in [3.8, 4) is 0 Å². The molecule has 0 fully saturated rings. The summed E-state index contributed by atoms with van der Waals surface area (Å²) in [5, 5.41) is 0. The third-order valence-electron chi connectivity index (χ3n) is 5.14. The summed E-state index contributed by atoms with van der Waals surface area (Å²) in [6.45, 7) is 19.1. The molecule has 0 aromatic carbocycles. The Morgan fingerprint density at radius 3 is 1.96 bits per heavy atom. The number of allylic oxidation sites excluding steroid dienone is 7. The van der Waals surface area contributed by atoms with Gasteiger partial charge in [-0.05, 0) is 0 Å². The van der Waals surface area contributed by atoms with Gasteiger partial charge in [0.05, 0.1) is 0 Å². The Kier molecular flexibility index (Phi) is 9.16. The molecule has 0 aliphatic heterocycles. The normalized spacial score (nSPS) is 23.5. The molecule has 0 aromatic heterocycles. The molecule has 2 aliphatic rings. The third kappa shape index (κ3) is 5.15. The largest absolute Gasteiger partial charge is 1.00 e. The molecule has 2 rings (SSSR count). The van der Waals surface area contributed by atoms with Crippen LogP contribution in [-0.4, -0.2) is 9.49 Å². The summed E-state index contributed by atoms with van der Waals surface area (Å²) < 4.78 is 1.84. The smallest absolute Gasteiger partial charge is 1.00 e. The van der Waals surface area contributed by atoms with Crippen molar-refractivity contribution < 1.29 is 45.2 Å². The van der Waals surface area contributed by atoms with Crippen molar-refractivity contribution in [1.29, 1.82) is 0 Å². The summed E-state index contributed by atoms with van der Waals surface area (Å²) in [4.78, 5) is 0. The van der Waals surface area contributed by atoms with Gasteiger partial charge in [-0.1, -0.05) is 0 Å². The molecule has 1 atom stereocenters. The van der Waals surface area contributed by atoms with E-state index in [4.69, 9.17) is 0 Å². The van der Waals surface area contributed by atoms with E-state index in [1.54, 1.807) is 11.1 Å². The molecule has 0 heterocycles. The minimum absolute atomic E-state index is 0. The summed E-state index contributed by atoms with van der Waals surface area (Å²) in [7, 11) is 0. The van der Waals surface area contributed by atoms with Gasteiger partial charge in [-0.3, -0.25) is 0 Å². The molecule has 4 heteroatoms. The van der Waals surface area contributed by atoms with Gasteiger partial charge < -0.3 is 24.8 Å². The van der Waals surface area contributed by atoms with E-state index in [1.807, 2.05) is 0 Å². The predicted octanol–water partition coefficient (Wildman–Crippen LogP) is 0.984. The molecule has 1 unspecified atom stereocenters. The maximum Gasteiger partial charge on any atom is -1.00 e. The van der Waals surface area contributed by atoms with E-state index in [-0.39, 0.29) is 45.1 Å². The van der Waals surface area contributed by atoms with Crippen LogP contribution < -0.4 is 24.8 Å². The second-order valence-electron chi connectivity index (χ2n) is 9.63. The first kappa shape index (κ1) is 26.6. The van der Waals surface area contributed by atoms with Gasteiger partial charge in [-0.2, -0.15) is 0 Å². The molecule has 0 aromatic rings. The monoisotopic (exact) mass is 447 g/mol. The van der Waals surface area contributed by atoms with Gasteiger partial charge >= 0.3 is 166 Å². The van der Waals surface area contributed by atoms with Crippen LogP contribution in [0.4, 0.5) is 0 Å². The fourth-order valence-corrected chi connectivity index (χ4v) is 7.02. The predicted molar refractivity (Wildman–Crippen MR) is 106 cm³/mol. The maximum atomic E-state index is 2.47. The molecule has 0 saturated carbocycles. The number of hydrogen-bond acceptors (Lipinski definition) is 1. The van der Waals surface area contributed by atoms with Crippen molar-refractivity contribution in [2.45, 2.75) is 77.7 Å². The van der Waals surface area contributed by atoms with E-state index in [0.29, 0.717) is 0 Å². The van der Waals surface area contributed by atoms with Crippen LogP contribution in [0.5, 0.6) is 0 Å². The van der Waals surface area contributed by atoms with Crippen LogP contribution in [0, 0.1) is 10.8 Å². The Morgan fingerprint density at radius 2 is 1.54 bits per heavy atom. The van der Waals surface area contributed by atoms with Gasteiger partial charge in [0.1, 0.15) is 0 Å². The molecule has 0 bridgehead atoms. The molecule has 26 heavy (non-hydrogen) atoms. The molecular formula is C22H33Cl2STi.